The summed E-state index contributed by atoms with van der Waals surface area (Å²) in [7, 11) is 0. The summed E-state index contributed by atoms with van der Waals surface area (Å²) < 4.78 is 0. The molecular formula is C15H15N3OS. The molecule has 0 aliphatic carbocycles. The molecular weight excluding hydrogens is 270 g/mol. The molecule has 4 nitrogen and oxygen atoms in total. The van der Waals surface area contributed by atoms with Gasteiger partial charge >= 0.3 is 0 Å². The van der Waals surface area contributed by atoms with Crippen molar-refractivity contribution in [1.29, 1.82) is 0 Å². The van der Waals surface area contributed by atoms with Gasteiger partial charge < -0.3 is 10.6 Å². The van der Waals surface area contributed by atoms with Crippen molar-refractivity contribution in [3.05, 3.63) is 42.5 Å². The van der Waals surface area contributed by atoms with Crippen LogP contribution in [0.3, 0.4) is 0 Å². The van der Waals surface area contributed by atoms with E-state index in [1.165, 1.54) is 11.8 Å². The highest BCUT2D eigenvalue weighted by Crippen LogP contribution is 2.23. The number of amidine groups is 1. The Morgan fingerprint density at radius 2 is 2.10 bits per heavy atom. The van der Waals surface area contributed by atoms with Crippen LogP contribution in [0.15, 0.2) is 47.5 Å². The summed E-state index contributed by atoms with van der Waals surface area (Å²) in [6.07, 6.45) is 0. The number of amides is 1. The van der Waals surface area contributed by atoms with Crippen molar-refractivity contribution in [2.75, 3.05) is 24.2 Å². The lowest BCUT2D eigenvalue weighted by Crippen LogP contribution is -2.20. The van der Waals surface area contributed by atoms with E-state index in [0.717, 1.165) is 34.7 Å². The van der Waals surface area contributed by atoms with Crippen molar-refractivity contribution < 1.29 is 4.79 Å². The van der Waals surface area contributed by atoms with Gasteiger partial charge in [0.2, 0.25) is 5.91 Å². The number of fused-ring (bicyclic) bond motifs is 1. The Morgan fingerprint density at radius 3 is 2.95 bits per heavy atom. The van der Waals surface area contributed by atoms with Crippen LogP contribution in [0, 0.1) is 0 Å². The van der Waals surface area contributed by atoms with E-state index in [1.807, 2.05) is 42.5 Å². The molecule has 20 heavy (non-hydrogen) atoms. The zero-order chi connectivity index (χ0) is 13.8. The van der Waals surface area contributed by atoms with E-state index in [-0.39, 0.29) is 5.91 Å². The maximum absolute atomic E-state index is 12.0. The van der Waals surface area contributed by atoms with Crippen molar-refractivity contribution in [2.45, 2.75) is 0 Å². The average Bonchev–Trinajstić information content (AvgIpc) is 2.99. The molecule has 1 heterocycles. The van der Waals surface area contributed by atoms with Crippen LogP contribution in [0.4, 0.5) is 5.69 Å². The van der Waals surface area contributed by atoms with E-state index >= 15 is 0 Å². The van der Waals surface area contributed by atoms with E-state index in [2.05, 4.69) is 15.6 Å². The maximum atomic E-state index is 12.0. The number of nitrogens with one attached hydrogen (secondary N) is 2. The highest BCUT2D eigenvalue weighted by atomic mass is 32.2. The van der Waals surface area contributed by atoms with Crippen LogP contribution in [0.25, 0.3) is 10.8 Å². The minimum absolute atomic E-state index is 0.0113. The number of carbonyl (C=O) groups excluding carboxylic acids is 1. The molecule has 1 amide bonds. The molecule has 2 aromatic carbocycles. The molecule has 0 aromatic heterocycles. The number of hydrogen-bond donors (Lipinski definition) is 2. The third-order valence-electron chi connectivity index (χ3n) is 3.05. The van der Waals surface area contributed by atoms with Crippen molar-refractivity contribution in [3.8, 4) is 0 Å². The number of benzene rings is 2. The first kappa shape index (κ1) is 13.0. The molecule has 0 saturated heterocycles. The number of rotatable bonds is 3. The predicted octanol–water partition coefficient (Wildman–Crippen LogP) is 2.47. The Kier molecular flexibility index (Phi) is 3.87. The molecule has 0 radical (unpaired) electrons. The summed E-state index contributed by atoms with van der Waals surface area (Å²) in [5.74, 6) is 0.359. The molecule has 0 bridgehead atoms. The Hall–Kier alpha value is -2.01. The minimum atomic E-state index is -0.0113. The molecule has 102 valence electrons. The Bertz CT molecular complexity index is 664. The second-order valence-corrected chi connectivity index (χ2v) is 5.44. The van der Waals surface area contributed by atoms with E-state index in [1.54, 1.807) is 0 Å². The van der Waals surface area contributed by atoms with Gasteiger partial charge in [-0.1, -0.05) is 48.2 Å². The molecule has 1 aliphatic heterocycles. The molecule has 2 aromatic rings. The van der Waals surface area contributed by atoms with Gasteiger partial charge in [0, 0.05) is 17.6 Å². The number of carbonyl (C=O) groups is 1. The third-order valence-corrected chi connectivity index (χ3v) is 4.00. The number of thioether (sulfide) groups is 1. The van der Waals surface area contributed by atoms with Gasteiger partial charge in [-0.15, -0.1) is 0 Å². The largest absolute Gasteiger partial charge is 0.363 e. The van der Waals surface area contributed by atoms with Crippen LogP contribution < -0.4 is 10.6 Å². The number of nitrogens with zero attached hydrogens (tertiary/aromatic N) is 1. The van der Waals surface area contributed by atoms with Crippen LogP contribution >= 0.6 is 11.8 Å². The van der Waals surface area contributed by atoms with Crippen LogP contribution in [-0.2, 0) is 4.79 Å². The van der Waals surface area contributed by atoms with Gasteiger partial charge in [0.15, 0.2) is 5.17 Å². The average molecular weight is 285 g/mol. The first-order valence-electron chi connectivity index (χ1n) is 6.52. The van der Waals surface area contributed by atoms with Crippen molar-refractivity contribution >= 4 is 39.3 Å². The van der Waals surface area contributed by atoms with Crippen molar-refractivity contribution in [3.63, 3.8) is 0 Å². The highest BCUT2D eigenvalue weighted by molar-refractivity contribution is 8.14. The lowest BCUT2D eigenvalue weighted by atomic mass is 10.1. The lowest BCUT2D eigenvalue weighted by Gasteiger charge is -2.08. The minimum Gasteiger partial charge on any atom is -0.363 e. The summed E-state index contributed by atoms with van der Waals surface area (Å²) in [6, 6.07) is 13.9. The standard InChI is InChI=1S/C15H15N3OS/c19-14(10-20-15-16-8-9-17-15)18-13-7-3-5-11-4-1-2-6-12(11)13/h1-7H,8-10H2,(H,16,17)(H,18,19). The fourth-order valence-corrected chi connectivity index (χ4v) is 2.85. The van der Waals surface area contributed by atoms with Gasteiger partial charge in [-0.25, -0.2) is 0 Å². The zero-order valence-corrected chi connectivity index (χ0v) is 11.7. The lowest BCUT2D eigenvalue weighted by molar-refractivity contribution is -0.113. The number of aliphatic imine (C=N–C) groups is 1. The molecule has 0 atom stereocenters. The topological polar surface area (TPSA) is 53.5 Å². The highest BCUT2D eigenvalue weighted by Gasteiger charge is 2.10. The second kappa shape index (κ2) is 5.96. The SMILES string of the molecule is O=C(CSC1=NCCN1)Nc1cccc2ccccc12. The van der Waals surface area contributed by atoms with Gasteiger partial charge in [0.25, 0.3) is 0 Å². The van der Waals surface area contributed by atoms with E-state index < -0.39 is 0 Å². The maximum Gasteiger partial charge on any atom is 0.234 e. The Labute approximate surface area is 121 Å². The van der Waals surface area contributed by atoms with E-state index in [9.17, 15) is 4.79 Å². The van der Waals surface area contributed by atoms with Crippen LogP contribution in [-0.4, -0.2) is 29.9 Å². The number of hydrogen-bond acceptors (Lipinski definition) is 4. The third kappa shape index (κ3) is 2.93. The molecule has 5 heteroatoms. The Morgan fingerprint density at radius 1 is 1.25 bits per heavy atom. The predicted molar refractivity (Wildman–Crippen MR) is 85.3 cm³/mol. The quantitative estimate of drug-likeness (QED) is 0.911. The van der Waals surface area contributed by atoms with Crippen LogP contribution in [0.5, 0.6) is 0 Å². The van der Waals surface area contributed by atoms with Gasteiger partial charge in [-0.2, -0.15) is 0 Å². The molecule has 2 N–H and O–H groups in total. The number of anilines is 1. The Balaban J connectivity index is 1.68. The van der Waals surface area contributed by atoms with Gasteiger partial charge in [-0.3, -0.25) is 9.79 Å². The van der Waals surface area contributed by atoms with Gasteiger partial charge in [0.05, 0.1) is 12.3 Å². The first-order valence-corrected chi connectivity index (χ1v) is 7.50. The normalized spacial score (nSPS) is 13.9. The van der Waals surface area contributed by atoms with Crippen molar-refractivity contribution in [2.24, 2.45) is 4.99 Å². The molecule has 1 aliphatic rings. The smallest absolute Gasteiger partial charge is 0.234 e. The molecule has 0 fully saturated rings. The summed E-state index contributed by atoms with van der Waals surface area (Å²) in [4.78, 5) is 16.3. The second-order valence-electron chi connectivity index (χ2n) is 4.48. The monoisotopic (exact) mass is 285 g/mol. The molecule has 0 saturated carbocycles. The fourth-order valence-electron chi connectivity index (χ4n) is 2.13. The molecule has 0 spiro atoms. The summed E-state index contributed by atoms with van der Waals surface area (Å²) in [6.45, 7) is 1.67. The first-order chi connectivity index (χ1) is 9.83. The van der Waals surface area contributed by atoms with Crippen LogP contribution in [0.1, 0.15) is 0 Å². The van der Waals surface area contributed by atoms with Crippen molar-refractivity contribution in [1.82, 2.24) is 5.32 Å². The summed E-state index contributed by atoms with van der Waals surface area (Å²) in [5.41, 5.74) is 0.856. The summed E-state index contributed by atoms with van der Waals surface area (Å²) >= 11 is 1.44. The van der Waals surface area contributed by atoms with Crippen LogP contribution in [0.2, 0.25) is 0 Å². The van der Waals surface area contributed by atoms with E-state index in [4.69, 9.17) is 0 Å². The van der Waals surface area contributed by atoms with Gasteiger partial charge in [0.1, 0.15) is 0 Å². The zero-order valence-electron chi connectivity index (χ0n) is 10.9. The molecule has 0 unspecified atom stereocenters. The van der Waals surface area contributed by atoms with E-state index in [0.29, 0.717) is 5.75 Å². The fraction of sp³-hybridized carbons (Fsp3) is 0.200. The molecule has 3 rings (SSSR count). The summed E-state index contributed by atoms with van der Waals surface area (Å²) in [5, 5.41) is 9.15. The van der Waals surface area contributed by atoms with Gasteiger partial charge in [-0.05, 0) is 11.5 Å².